The Morgan fingerprint density at radius 1 is 1.15 bits per heavy atom. The maximum atomic E-state index is 12.1. The monoisotopic (exact) mass is 289 g/mol. The summed E-state index contributed by atoms with van der Waals surface area (Å²) in [6.07, 6.45) is 1.49. The van der Waals surface area contributed by atoms with Crippen molar-refractivity contribution in [1.29, 1.82) is 0 Å². The molecule has 0 aliphatic rings. The molecule has 2 aromatic rings. The molecule has 0 aliphatic heterocycles. The second-order valence-corrected chi connectivity index (χ2v) is 5.87. The van der Waals surface area contributed by atoms with Crippen LogP contribution in [0.1, 0.15) is 36.7 Å². The van der Waals surface area contributed by atoms with Gasteiger partial charge in [-0.05, 0) is 29.2 Å². The first-order valence-electron chi connectivity index (χ1n) is 6.27. The number of hydrogen-bond donors (Lipinski definition) is 1. The zero-order valence-corrected chi connectivity index (χ0v) is 12.4. The van der Waals surface area contributed by atoms with E-state index in [-0.39, 0.29) is 17.3 Å². The second kappa shape index (κ2) is 5.59. The van der Waals surface area contributed by atoms with Crippen molar-refractivity contribution in [2.24, 2.45) is 0 Å². The molecule has 1 aromatic heterocycles. The lowest BCUT2D eigenvalue weighted by Gasteiger charge is -2.18. The van der Waals surface area contributed by atoms with Gasteiger partial charge >= 0.3 is 0 Å². The van der Waals surface area contributed by atoms with Crippen LogP contribution >= 0.6 is 11.6 Å². The van der Waals surface area contributed by atoms with Gasteiger partial charge in [0.1, 0.15) is 5.15 Å². The summed E-state index contributed by atoms with van der Waals surface area (Å²) in [4.78, 5) is 19.9. The van der Waals surface area contributed by atoms with Gasteiger partial charge in [-0.2, -0.15) is 0 Å². The summed E-state index contributed by atoms with van der Waals surface area (Å²) in [6, 6.07) is 9.04. The van der Waals surface area contributed by atoms with Crippen LogP contribution in [-0.2, 0) is 5.41 Å². The zero-order chi connectivity index (χ0) is 14.8. The number of rotatable bonds is 2. The summed E-state index contributed by atoms with van der Waals surface area (Å²) in [7, 11) is 0. The molecule has 0 spiro atoms. The predicted octanol–water partition coefficient (Wildman–Crippen LogP) is 3.68. The molecule has 0 atom stereocenters. The molecule has 0 saturated heterocycles. The van der Waals surface area contributed by atoms with Gasteiger partial charge in [0.25, 0.3) is 5.91 Å². The molecule has 20 heavy (non-hydrogen) atoms. The quantitative estimate of drug-likeness (QED) is 0.858. The highest BCUT2D eigenvalue weighted by Crippen LogP contribution is 2.22. The molecule has 0 fully saturated rings. The highest BCUT2D eigenvalue weighted by molar-refractivity contribution is 6.29. The van der Waals surface area contributed by atoms with E-state index >= 15 is 0 Å². The fraction of sp³-hybridized carbons (Fsp3) is 0.267. The lowest BCUT2D eigenvalue weighted by atomic mass is 9.87. The maximum Gasteiger partial charge on any atom is 0.258 e. The number of carbonyl (C=O) groups excluding carboxylic acids is 1. The van der Waals surface area contributed by atoms with E-state index in [0.717, 1.165) is 0 Å². The number of anilines is 1. The molecule has 0 bridgehead atoms. The molecule has 1 N–H and O–H groups in total. The summed E-state index contributed by atoms with van der Waals surface area (Å²) >= 11 is 5.74. The van der Waals surface area contributed by atoms with E-state index in [1.54, 1.807) is 18.2 Å². The smallest absolute Gasteiger partial charge is 0.258 e. The Kier molecular flexibility index (Phi) is 4.04. The standard InChI is InChI=1S/C15H16ClN3O/c1-15(2,3)11-6-4-10(5-7-11)13(20)19-14-17-9-8-12(16)18-14/h4-9H,1-3H3,(H,17,18,19,20). The Morgan fingerprint density at radius 3 is 2.35 bits per heavy atom. The number of nitrogens with one attached hydrogen (secondary N) is 1. The second-order valence-electron chi connectivity index (χ2n) is 5.48. The first-order valence-corrected chi connectivity index (χ1v) is 6.64. The van der Waals surface area contributed by atoms with Gasteiger partial charge in [-0.15, -0.1) is 0 Å². The molecule has 1 amide bonds. The van der Waals surface area contributed by atoms with Crippen molar-refractivity contribution in [1.82, 2.24) is 9.97 Å². The third kappa shape index (κ3) is 3.54. The van der Waals surface area contributed by atoms with Crippen LogP contribution < -0.4 is 5.32 Å². The average molecular weight is 290 g/mol. The summed E-state index contributed by atoms with van der Waals surface area (Å²) < 4.78 is 0. The average Bonchev–Trinajstić information content (AvgIpc) is 2.38. The number of benzene rings is 1. The lowest BCUT2D eigenvalue weighted by molar-refractivity contribution is 0.102. The number of halogens is 1. The van der Waals surface area contributed by atoms with E-state index < -0.39 is 0 Å². The molecule has 5 heteroatoms. The van der Waals surface area contributed by atoms with Crippen LogP contribution in [0.15, 0.2) is 36.5 Å². The number of aromatic nitrogens is 2. The van der Waals surface area contributed by atoms with Gasteiger partial charge in [0.05, 0.1) is 0 Å². The largest absolute Gasteiger partial charge is 0.290 e. The Balaban J connectivity index is 2.14. The van der Waals surface area contributed by atoms with Crippen molar-refractivity contribution in [3.05, 3.63) is 52.8 Å². The third-order valence-electron chi connectivity index (χ3n) is 2.86. The highest BCUT2D eigenvalue weighted by Gasteiger charge is 2.14. The predicted molar refractivity (Wildman–Crippen MR) is 80.1 cm³/mol. The summed E-state index contributed by atoms with van der Waals surface area (Å²) in [5.74, 6) is -0.0601. The minimum absolute atomic E-state index is 0.0606. The van der Waals surface area contributed by atoms with Gasteiger partial charge in [-0.3, -0.25) is 10.1 Å². The van der Waals surface area contributed by atoms with Gasteiger partial charge in [0.15, 0.2) is 0 Å². The van der Waals surface area contributed by atoms with Crippen LogP contribution in [0.2, 0.25) is 5.15 Å². The molecular weight excluding hydrogens is 274 g/mol. The minimum atomic E-state index is -0.257. The fourth-order valence-corrected chi connectivity index (χ4v) is 1.83. The molecule has 1 aromatic carbocycles. The van der Waals surface area contributed by atoms with E-state index in [1.165, 1.54) is 11.8 Å². The van der Waals surface area contributed by atoms with Crippen LogP contribution in [0.4, 0.5) is 5.95 Å². The van der Waals surface area contributed by atoms with Crippen LogP contribution in [0, 0.1) is 0 Å². The Bertz CT molecular complexity index is 618. The van der Waals surface area contributed by atoms with E-state index in [1.807, 2.05) is 12.1 Å². The number of amides is 1. The first kappa shape index (κ1) is 14.5. The molecule has 0 unspecified atom stereocenters. The van der Waals surface area contributed by atoms with Crippen LogP contribution in [0.5, 0.6) is 0 Å². The van der Waals surface area contributed by atoms with Crippen molar-refractivity contribution in [2.75, 3.05) is 5.32 Å². The van der Waals surface area contributed by atoms with Crippen LogP contribution in [0.25, 0.3) is 0 Å². The summed E-state index contributed by atoms with van der Waals surface area (Å²) in [6.45, 7) is 6.38. The maximum absolute atomic E-state index is 12.1. The van der Waals surface area contributed by atoms with Crippen LogP contribution in [-0.4, -0.2) is 15.9 Å². The first-order chi connectivity index (χ1) is 9.36. The van der Waals surface area contributed by atoms with Crippen LogP contribution in [0.3, 0.4) is 0 Å². The van der Waals surface area contributed by atoms with E-state index in [4.69, 9.17) is 11.6 Å². The zero-order valence-electron chi connectivity index (χ0n) is 11.6. The van der Waals surface area contributed by atoms with Gasteiger partial charge in [-0.1, -0.05) is 44.5 Å². The molecule has 104 valence electrons. The van der Waals surface area contributed by atoms with E-state index in [2.05, 4.69) is 36.1 Å². The van der Waals surface area contributed by atoms with Crippen molar-refractivity contribution in [3.8, 4) is 0 Å². The van der Waals surface area contributed by atoms with Gasteiger partial charge < -0.3 is 0 Å². The van der Waals surface area contributed by atoms with Crippen molar-refractivity contribution in [2.45, 2.75) is 26.2 Å². The highest BCUT2D eigenvalue weighted by atomic mass is 35.5. The number of hydrogen-bond acceptors (Lipinski definition) is 3. The third-order valence-corrected chi connectivity index (χ3v) is 3.07. The Morgan fingerprint density at radius 2 is 1.80 bits per heavy atom. The van der Waals surface area contributed by atoms with Gasteiger partial charge in [0, 0.05) is 11.8 Å². The van der Waals surface area contributed by atoms with Crippen molar-refractivity contribution >= 4 is 23.5 Å². The summed E-state index contributed by atoms with van der Waals surface area (Å²) in [5.41, 5.74) is 1.79. The van der Waals surface area contributed by atoms with Gasteiger partial charge in [0.2, 0.25) is 5.95 Å². The topological polar surface area (TPSA) is 54.9 Å². The normalized spacial score (nSPS) is 11.2. The molecule has 0 saturated carbocycles. The fourth-order valence-electron chi connectivity index (χ4n) is 1.69. The molecule has 2 rings (SSSR count). The summed E-state index contributed by atoms with van der Waals surface area (Å²) in [5, 5.41) is 2.90. The lowest BCUT2D eigenvalue weighted by Crippen LogP contribution is -2.15. The van der Waals surface area contributed by atoms with Gasteiger partial charge in [-0.25, -0.2) is 9.97 Å². The number of nitrogens with zero attached hydrogens (tertiary/aromatic N) is 2. The molecular formula is C15H16ClN3O. The number of carbonyl (C=O) groups is 1. The van der Waals surface area contributed by atoms with E-state index in [9.17, 15) is 4.79 Å². The van der Waals surface area contributed by atoms with E-state index in [0.29, 0.717) is 10.7 Å². The molecule has 0 aliphatic carbocycles. The van der Waals surface area contributed by atoms with Crippen molar-refractivity contribution in [3.63, 3.8) is 0 Å². The molecule has 0 radical (unpaired) electrons. The molecule has 4 nitrogen and oxygen atoms in total. The Labute approximate surface area is 123 Å². The van der Waals surface area contributed by atoms with Crippen molar-refractivity contribution < 1.29 is 4.79 Å². The minimum Gasteiger partial charge on any atom is -0.290 e. The SMILES string of the molecule is CC(C)(C)c1ccc(C(=O)Nc2nccc(Cl)n2)cc1. The molecule has 1 heterocycles. The Hall–Kier alpha value is -1.94.